The largest absolute Gasteiger partial charge is 0.491 e. The summed E-state index contributed by atoms with van der Waals surface area (Å²) in [5.74, 6) is 1.06. The molecule has 2 aromatic carbocycles. The van der Waals surface area contributed by atoms with Crippen molar-refractivity contribution in [1.82, 2.24) is 15.3 Å². The van der Waals surface area contributed by atoms with Crippen molar-refractivity contribution in [2.24, 2.45) is 0 Å². The number of aliphatic hydroxyl groups excluding tert-OH is 1. The second kappa shape index (κ2) is 12.0. The summed E-state index contributed by atoms with van der Waals surface area (Å²) in [6, 6.07) is 17.1. The number of nitriles is 1. The number of hydrogen-bond acceptors (Lipinski definition) is 8. The Bertz CT molecular complexity index is 1200. The maximum Gasteiger partial charge on any atom is 0.407 e. The van der Waals surface area contributed by atoms with Gasteiger partial charge in [-0.25, -0.2) is 14.8 Å². The molecule has 1 heterocycles. The van der Waals surface area contributed by atoms with Crippen molar-refractivity contribution in [2.75, 3.05) is 25.1 Å². The molecule has 1 unspecified atom stereocenters. The van der Waals surface area contributed by atoms with Gasteiger partial charge in [-0.05, 0) is 56.5 Å². The fourth-order valence-electron chi connectivity index (χ4n) is 3.31. The van der Waals surface area contributed by atoms with Gasteiger partial charge in [0.05, 0.1) is 24.1 Å². The predicted molar refractivity (Wildman–Crippen MR) is 137 cm³/mol. The van der Waals surface area contributed by atoms with Crippen LogP contribution in [0.4, 0.5) is 16.4 Å². The Morgan fingerprint density at radius 3 is 2.44 bits per heavy atom. The number of amides is 1. The maximum atomic E-state index is 11.9. The lowest BCUT2D eigenvalue weighted by Gasteiger charge is -2.21. The molecular weight excluding hydrogens is 458 g/mol. The van der Waals surface area contributed by atoms with Crippen LogP contribution in [0.25, 0.3) is 11.3 Å². The highest BCUT2D eigenvalue weighted by molar-refractivity contribution is 5.69. The van der Waals surface area contributed by atoms with Crippen molar-refractivity contribution in [3.05, 3.63) is 65.9 Å². The fraction of sp³-hybridized carbons (Fsp3) is 0.333. The Kier molecular flexibility index (Phi) is 8.81. The molecule has 1 amide bonds. The predicted octanol–water partition coefficient (Wildman–Crippen LogP) is 4.76. The standard InChI is InChI=1S/C27H31N5O4/c1-18(16-30-26(34)36-27(2,3)4)19-5-7-20(8-6-19)24-21(15-28)17-29-25(32-24)31-22-9-11-23(12-10-22)35-14-13-33/h5-12,17-18,33H,13-14,16H2,1-4H3,(H,30,34)(H,29,31,32). The second-order valence-corrected chi connectivity index (χ2v) is 9.19. The fourth-order valence-corrected chi connectivity index (χ4v) is 3.31. The average Bonchev–Trinajstić information content (AvgIpc) is 2.86. The summed E-state index contributed by atoms with van der Waals surface area (Å²) in [5.41, 5.74) is 2.90. The molecule has 188 valence electrons. The molecule has 3 N–H and O–H groups in total. The molecule has 0 spiro atoms. The van der Waals surface area contributed by atoms with E-state index in [2.05, 4.69) is 26.7 Å². The zero-order chi connectivity index (χ0) is 26.1. The molecule has 3 rings (SSSR count). The summed E-state index contributed by atoms with van der Waals surface area (Å²) in [7, 11) is 0. The van der Waals surface area contributed by atoms with Crippen molar-refractivity contribution < 1.29 is 19.4 Å². The molecule has 0 saturated carbocycles. The van der Waals surface area contributed by atoms with Crippen LogP contribution >= 0.6 is 0 Å². The minimum Gasteiger partial charge on any atom is -0.491 e. The summed E-state index contributed by atoms with van der Waals surface area (Å²) in [5, 5.41) is 24.4. The molecule has 1 aromatic heterocycles. The van der Waals surface area contributed by atoms with E-state index >= 15 is 0 Å². The number of aliphatic hydroxyl groups is 1. The first-order valence-corrected chi connectivity index (χ1v) is 11.6. The van der Waals surface area contributed by atoms with Crippen LogP contribution in [0.5, 0.6) is 5.75 Å². The molecule has 36 heavy (non-hydrogen) atoms. The Morgan fingerprint density at radius 1 is 1.14 bits per heavy atom. The first-order valence-electron chi connectivity index (χ1n) is 11.6. The van der Waals surface area contributed by atoms with Gasteiger partial charge in [-0.3, -0.25) is 0 Å². The van der Waals surface area contributed by atoms with Gasteiger partial charge in [0, 0.05) is 17.8 Å². The lowest BCUT2D eigenvalue weighted by atomic mass is 9.98. The SMILES string of the molecule is CC(CNC(=O)OC(C)(C)C)c1ccc(-c2nc(Nc3ccc(OCCO)cc3)ncc2C#N)cc1. The Morgan fingerprint density at radius 2 is 1.83 bits per heavy atom. The van der Waals surface area contributed by atoms with Crippen LogP contribution in [0.1, 0.15) is 44.7 Å². The van der Waals surface area contributed by atoms with Crippen molar-refractivity contribution in [1.29, 1.82) is 5.26 Å². The Balaban J connectivity index is 1.70. The van der Waals surface area contributed by atoms with Crippen LogP contribution in [-0.2, 0) is 4.74 Å². The highest BCUT2D eigenvalue weighted by Gasteiger charge is 2.17. The quantitative estimate of drug-likeness (QED) is 0.392. The average molecular weight is 490 g/mol. The van der Waals surface area contributed by atoms with Gasteiger partial charge >= 0.3 is 6.09 Å². The normalized spacial score (nSPS) is 11.8. The van der Waals surface area contributed by atoms with Crippen molar-refractivity contribution in [3.8, 4) is 23.1 Å². The van der Waals surface area contributed by atoms with Crippen LogP contribution in [0.2, 0.25) is 0 Å². The van der Waals surface area contributed by atoms with E-state index in [1.54, 1.807) is 12.1 Å². The minimum absolute atomic E-state index is 0.0509. The molecule has 3 aromatic rings. The number of nitrogens with zero attached hydrogens (tertiary/aromatic N) is 3. The van der Waals surface area contributed by atoms with Gasteiger partial charge in [0.25, 0.3) is 0 Å². The van der Waals surface area contributed by atoms with E-state index in [0.717, 1.165) is 16.8 Å². The third-order valence-corrected chi connectivity index (χ3v) is 5.08. The van der Waals surface area contributed by atoms with Gasteiger partial charge in [0.15, 0.2) is 0 Å². The Hall–Kier alpha value is -4.16. The molecule has 9 nitrogen and oxygen atoms in total. The third-order valence-electron chi connectivity index (χ3n) is 5.08. The molecular formula is C27H31N5O4. The number of benzene rings is 2. The number of nitrogens with one attached hydrogen (secondary N) is 2. The lowest BCUT2D eigenvalue weighted by molar-refractivity contribution is 0.0525. The van der Waals surface area contributed by atoms with E-state index < -0.39 is 11.7 Å². The summed E-state index contributed by atoms with van der Waals surface area (Å²) in [6.07, 6.45) is 1.04. The number of carbonyl (C=O) groups excluding carboxylic acids is 1. The van der Waals surface area contributed by atoms with Crippen LogP contribution in [-0.4, -0.2) is 46.5 Å². The smallest absolute Gasteiger partial charge is 0.407 e. The van der Waals surface area contributed by atoms with Crippen LogP contribution in [0.15, 0.2) is 54.7 Å². The number of carbonyl (C=O) groups is 1. The number of ether oxygens (including phenoxy) is 2. The lowest BCUT2D eigenvalue weighted by Crippen LogP contribution is -2.34. The molecule has 0 aliphatic rings. The number of anilines is 2. The highest BCUT2D eigenvalue weighted by Crippen LogP contribution is 2.26. The van der Waals surface area contributed by atoms with Crippen molar-refractivity contribution in [3.63, 3.8) is 0 Å². The minimum atomic E-state index is -0.545. The summed E-state index contributed by atoms with van der Waals surface area (Å²) in [4.78, 5) is 20.7. The van der Waals surface area contributed by atoms with Crippen LogP contribution in [0.3, 0.4) is 0 Å². The summed E-state index contributed by atoms with van der Waals surface area (Å²) < 4.78 is 10.7. The molecule has 0 aliphatic carbocycles. The number of rotatable bonds is 9. The van der Waals surface area contributed by atoms with Gasteiger partial charge in [0.2, 0.25) is 5.95 Å². The molecule has 0 radical (unpaired) electrons. The third kappa shape index (κ3) is 7.68. The van der Waals surface area contributed by atoms with Crippen LogP contribution < -0.4 is 15.4 Å². The first-order chi connectivity index (χ1) is 17.2. The second-order valence-electron chi connectivity index (χ2n) is 9.19. The zero-order valence-electron chi connectivity index (χ0n) is 20.9. The van der Waals surface area contributed by atoms with Gasteiger partial charge in [0.1, 0.15) is 24.0 Å². The summed E-state index contributed by atoms with van der Waals surface area (Å²) >= 11 is 0. The highest BCUT2D eigenvalue weighted by atomic mass is 16.6. The maximum absolute atomic E-state index is 11.9. The first kappa shape index (κ1) is 26.4. The van der Waals surface area contributed by atoms with E-state index in [9.17, 15) is 10.1 Å². The van der Waals surface area contributed by atoms with Crippen molar-refractivity contribution in [2.45, 2.75) is 39.2 Å². The van der Waals surface area contributed by atoms with E-state index in [-0.39, 0.29) is 19.1 Å². The number of aromatic nitrogens is 2. The number of alkyl carbamates (subject to hydrolysis) is 1. The molecule has 1 atom stereocenters. The zero-order valence-corrected chi connectivity index (χ0v) is 20.9. The molecule has 0 aliphatic heterocycles. The summed E-state index contributed by atoms with van der Waals surface area (Å²) in [6.45, 7) is 8.10. The van der Waals surface area contributed by atoms with E-state index in [1.807, 2.05) is 64.1 Å². The number of hydrogen-bond donors (Lipinski definition) is 3. The molecule has 0 bridgehead atoms. The van der Waals surface area contributed by atoms with Gasteiger partial charge < -0.3 is 25.2 Å². The topological polar surface area (TPSA) is 129 Å². The van der Waals surface area contributed by atoms with E-state index in [4.69, 9.17) is 14.6 Å². The van der Waals surface area contributed by atoms with Gasteiger partial charge in [-0.2, -0.15) is 5.26 Å². The van der Waals surface area contributed by atoms with Crippen LogP contribution in [0, 0.1) is 11.3 Å². The Labute approximate surface area is 211 Å². The molecule has 0 fully saturated rings. The molecule has 9 heteroatoms. The van der Waals surface area contributed by atoms with Gasteiger partial charge in [-0.1, -0.05) is 31.2 Å². The molecule has 0 saturated heterocycles. The van der Waals surface area contributed by atoms with Crippen molar-refractivity contribution >= 4 is 17.7 Å². The van der Waals surface area contributed by atoms with E-state index in [0.29, 0.717) is 29.5 Å². The van der Waals surface area contributed by atoms with Gasteiger partial charge in [-0.15, -0.1) is 0 Å². The monoisotopic (exact) mass is 489 g/mol. The van der Waals surface area contributed by atoms with E-state index in [1.165, 1.54) is 6.20 Å².